The van der Waals surface area contributed by atoms with Crippen LogP contribution in [0.25, 0.3) is 11.6 Å². The fourth-order valence-electron chi connectivity index (χ4n) is 3.08. The van der Waals surface area contributed by atoms with E-state index in [1.165, 1.54) is 11.6 Å². The smallest absolute Gasteiger partial charge is 0.385 e. The minimum Gasteiger partial charge on any atom is -0.385 e. The average molecular weight is 364 g/mol. The van der Waals surface area contributed by atoms with E-state index in [-0.39, 0.29) is 16.7 Å². The van der Waals surface area contributed by atoms with Gasteiger partial charge in [-0.15, -0.1) is 0 Å². The summed E-state index contributed by atoms with van der Waals surface area (Å²) in [6.45, 7) is 0.722. The minimum atomic E-state index is -4.28. The largest absolute Gasteiger partial charge is 0.446 e. The summed E-state index contributed by atoms with van der Waals surface area (Å²) in [7, 11) is 1.69. The van der Waals surface area contributed by atoms with E-state index in [0.29, 0.717) is 12.0 Å². The fourth-order valence-corrected chi connectivity index (χ4v) is 3.78. The molecule has 0 unspecified atom stereocenters. The number of halogens is 3. The van der Waals surface area contributed by atoms with Crippen molar-refractivity contribution in [3.8, 4) is 0 Å². The quantitative estimate of drug-likeness (QED) is 0.461. The van der Waals surface area contributed by atoms with Crippen LogP contribution in [0.15, 0.2) is 47.4 Å². The third-order valence-corrected chi connectivity index (χ3v) is 5.00. The molecule has 3 rings (SSSR count). The predicted molar refractivity (Wildman–Crippen MR) is 96.6 cm³/mol. The fraction of sp³-hybridized carbons (Fsp3) is 0.300. The van der Waals surface area contributed by atoms with Crippen LogP contribution in [0.4, 0.5) is 13.2 Å². The zero-order chi connectivity index (χ0) is 17.9. The molecule has 0 fully saturated rings. The number of hydrogen-bond acceptors (Lipinski definition) is 2. The first-order valence-electron chi connectivity index (χ1n) is 8.13. The Labute approximate surface area is 149 Å². The Bertz CT molecular complexity index is 781. The van der Waals surface area contributed by atoms with Crippen molar-refractivity contribution in [3.63, 3.8) is 0 Å². The maximum absolute atomic E-state index is 12.8. The van der Waals surface area contributed by atoms with Gasteiger partial charge in [0, 0.05) is 18.6 Å². The molecule has 0 radical (unpaired) electrons. The first-order valence-corrected chi connectivity index (χ1v) is 8.94. The average Bonchev–Trinajstić information content (AvgIpc) is 2.97. The van der Waals surface area contributed by atoms with Crippen LogP contribution in [-0.2, 0) is 17.6 Å². The lowest BCUT2D eigenvalue weighted by Crippen LogP contribution is -2.01. The monoisotopic (exact) mass is 364 g/mol. The summed E-state index contributed by atoms with van der Waals surface area (Å²) in [5, 5.41) is 0. The Morgan fingerprint density at radius 2 is 1.92 bits per heavy atom. The number of allylic oxidation sites excluding steroid dienone is 1. The summed E-state index contributed by atoms with van der Waals surface area (Å²) in [5.41, 5.74) is 0.829. The lowest BCUT2D eigenvalue weighted by atomic mass is 10.0. The van der Waals surface area contributed by atoms with E-state index in [4.69, 9.17) is 4.74 Å². The molecule has 1 aliphatic rings. The van der Waals surface area contributed by atoms with Crippen LogP contribution in [0.2, 0.25) is 0 Å². The molecule has 0 heterocycles. The van der Waals surface area contributed by atoms with Crippen LogP contribution < -0.4 is 0 Å². The van der Waals surface area contributed by atoms with Gasteiger partial charge in [0.2, 0.25) is 0 Å². The Kier molecular flexibility index (Phi) is 5.54. The highest BCUT2D eigenvalue weighted by Gasteiger charge is 2.31. The van der Waals surface area contributed by atoms with Crippen LogP contribution in [0.5, 0.6) is 0 Å². The molecule has 5 heteroatoms. The van der Waals surface area contributed by atoms with Crippen LogP contribution in [0.3, 0.4) is 0 Å². The number of alkyl halides is 3. The van der Waals surface area contributed by atoms with E-state index in [1.807, 2.05) is 6.08 Å². The van der Waals surface area contributed by atoms with Crippen LogP contribution in [-0.4, -0.2) is 19.2 Å². The van der Waals surface area contributed by atoms with E-state index in [2.05, 4.69) is 18.2 Å². The van der Waals surface area contributed by atoms with Crippen LogP contribution in [0, 0.1) is 0 Å². The standard InChI is InChI=1S/C20H19F3OS/c1-24-10-4-5-14-8-9-15-12-17(13-16(15)11-14)18-6-2-3-7-19(18)25-20(21,22)23/h2-3,6-9,11,13H,4-5,10,12H2,1H3. The molecule has 0 atom stereocenters. The summed E-state index contributed by atoms with van der Waals surface area (Å²) >= 11 is -0.0450. The van der Waals surface area contributed by atoms with E-state index in [1.54, 1.807) is 25.3 Å². The van der Waals surface area contributed by atoms with Gasteiger partial charge < -0.3 is 4.74 Å². The Hall–Kier alpha value is -1.72. The Morgan fingerprint density at radius 3 is 2.68 bits per heavy atom. The van der Waals surface area contributed by atoms with Gasteiger partial charge >= 0.3 is 5.51 Å². The van der Waals surface area contributed by atoms with E-state index in [9.17, 15) is 13.2 Å². The highest BCUT2D eigenvalue weighted by molar-refractivity contribution is 8.00. The second-order valence-electron chi connectivity index (χ2n) is 6.02. The second kappa shape index (κ2) is 7.67. The van der Waals surface area contributed by atoms with Crippen molar-refractivity contribution in [2.45, 2.75) is 29.7 Å². The van der Waals surface area contributed by atoms with E-state index in [0.717, 1.165) is 36.1 Å². The van der Waals surface area contributed by atoms with E-state index < -0.39 is 5.51 Å². The van der Waals surface area contributed by atoms with Gasteiger partial charge in [0.1, 0.15) is 0 Å². The summed E-state index contributed by atoms with van der Waals surface area (Å²) < 4.78 is 43.5. The molecule has 25 heavy (non-hydrogen) atoms. The van der Waals surface area contributed by atoms with Gasteiger partial charge in [0.15, 0.2) is 0 Å². The predicted octanol–water partition coefficient (Wildman–Crippen LogP) is 5.97. The van der Waals surface area contributed by atoms with Crippen LogP contribution >= 0.6 is 11.8 Å². The lowest BCUT2D eigenvalue weighted by Gasteiger charge is -2.11. The summed E-state index contributed by atoms with van der Waals surface area (Å²) in [6, 6.07) is 13.1. The Morgan fingerprint density at radius 1 is 1.12 bits per heavy atom. The molecule has 0 saturated carbocycles. The minimum absolute atomic E-state index is 0.0450. The summed E-state index contributed by atoms with van der Waals surface area (Å²) in [4.78, 5) is 0.259. The van der Waals surface area contributed by atoms with Gasteiger partial charge in [-0.2, -0.15) is 13.2 Å². The molecule has 0 bridgehead atoms. The van der Waals surface area contributed by atoms with Gasteiger partial charge in [-0.3, -0.25) is 0 Å². The third-order valence-electron chi connectivity index (χ3n) is 4.19. The normalized spacial score (nSPS) is 13.7. The van der Waals surface area contributed by atoms with Gasteiger partial charge in [0.25, 0.3) is 0 Å². The number of aryl methyl sites for hydroxylation is 1. The van der Waals surface area contributed by atoms with Gasteiger partial charge in [-0.25, -0.2) is 0 Å². The lowest BCUT2D eigenvalue weighted by molar-refractivity contribution is -0.0328. The molecule has 132 valence electrons. The molecule has 0 saturated heterocycles. The molecular formula is C20H19F3OS. The molecule has 1 nitrogen and oxygen atoms in total. The van der Waals surface area contributed by atoms with Crippen molar-refractivity contribution >= 4 is 23.4 Å². The zero-order valence-corrected chi connectivity index (χ0v) is 14.7. The molecule has 0 N–H and O–H groups in total. The number of methoxy groups -OCH3 is 1. The second-order valence-corrected chi connectivity index (χ2v) is 7.13. The number of thioether (sulfide) groups is 1. The third kappa shape index (κ3) is 4.67. The first kappa shape index (κ1) is 18.1. The SMILES string of the molecule is COCCCc1ccc2c(c1)C=C(c1ccccc1SC(F)(F)F)C2. The molecule has 0 spiro atoms. The number of benzene rings is 2. The van der Waals surface area contributed by atoms with Crippen molar-refractivity contribution in [3.05, 3.63) is 64.7 Å². The number of rotatable bonds is 6. The molecule has 1 aliphatic carbocycles. The van der Waals surface area contributed by atoms with Crippen molar-refractivity contribution in [2.75, 3.05) is 13.7 Å². The number of fused-ring (bicyclic) bond motifs is 1. The molecule has 2 aromatic carbocycles. The maximum Gasteiger partial charge on any atom is 0.446 e. The molecule has 0 aliphatic heterocycles. The van der Waals surface area contributed by atoms with Crippen molar-refractivity contribution < 1.29 is 17.9 Å². The van der Waals surface area contributed by atoms with Crippen molar-refractivity contribution in [1.82, 2.24) is 0 Å². The molecule has 0 aromatic heterocycles. The van der Waals surface area contributed by atoms with Gasteiger partial charge in [0.05, 0.1) is 0 Å². The summed E-state index contributed by atoms with van der Waals surface area (Å²) in [5.74, 6) is 0. The number of ether oxygens (including phenoxy) is 1. The topological polar surface area (TPSA) is 9.23 Å². The first-order chi connectivity index (χ1) is 12.0. The molecular weight excluding hydrogens is 345 g/mol. The molecule has 0 amide bonds. The van der Waals surface area contributed by atoms with Gasteiger partial charge in [-0.1, -0.05) is 42.5 Å². The highest BCUT2D eigenvalue weighted by Crippen LogP contribution is 2.42. The Balaban J connectivity index is 1.83. The van der Waals surface area contributed by atoms with Gasteiger partial charge in [-0.05, 0) is 64.9 Å². The van der Waals surface area contributed by atoms with E-state index >= 15 is 0 Å². The molecule has 2 aromatic rings. The van der Waals surface area contributed by atoms with Crippen molar-refractivity contribution in [2.24, 2.45) is 0 Å². The highest BCUT2D eigenvalue weighted by atomic mass is 32.2. The number of hydrogen-bond donors (Lipinski definition) is 0. The zero-order valence-electron chi connectivity index (χ0n) is 13.9. The maximum atomic E-state index is 12.8. The summed E-state index contributed by atoms with van der Waals surface area (Å²) in [6.07, 6.45) is 4.58. The van der Waals surface area contributed by atoms with Crippen LogP contribution in [0.1, 0.15) is 28.7 Å². The van der Waals surface area contributed by atoms with Crippen molar-refractivity contribution in [1.29, 1.82) is 0 Å².